The third kappa shape index (κ3) is 25.5. The molecule has 4 aliphatic rings. The molecule has 35 heteroatoms. The van der Waals surface area contributed by atoms with Gasteiger partial charge in [0.1, 0.15) is 19.8 Å². The second kappa shape index (κ2) is 38.5. The van der Waals surface area contributed by atoms with Gasteiger partial charge in [0.15, 0.2) is 48.5 Å². The van der Waals surface area contributed by atoms with Crippen LogP contribution in [0.25, 0.3) is 0 Å². The number of hydrogen-bond donors (Lipinski definition) is 10. The van der Waals surface area contributed by atoms with Crippen molar-refractivity contribution >= 4 is 66.1 Å². The fourth-order valence-electron chi connectivity index (χ4n) is 8.86. The van der Waals surface area contributed by atoms with E-state index >= 15 is 0 Å². The molecule has 10 atom stereocenters. The van der Waals surface area contributed by atoms with Crippen molar-refractivity contribution in [2.24, 2.45) is 11.5 Å². The number of terminal acetylenes is 1. The first-order valence-corrected chi connectivity index (χ1v) is 27.6. The summed E-state index contributed by atoms with van der Waals surface area (Å²) in [5, 5.41) is 31.3. The summed E-state index contributed by atoms with van der Waals surface area (Å²) in [6.45, 7) is 4.09. The predicted octanol–water partition coefficient (Wildman–Crippen LogP) is -2.63. The Hall–Kier alpha value is -8.59. The Morgan fingerprint density at radius 3 is 1.49 bits per heavy atom. The van der Waals surface area contributed by atoms with Crippen molar-refractivity contribution in [2.45, 2.75) is 107 Å². The summed E-state index contributed by atoms with van der Waals surface area (Å²) in [4.78, 5) is 116. The van der Waals surface area contributed by atoms with E-state index in [1.807, 2.05) is 0 Å². The highest BCUT2D eigenvalue weighted by Crippen LogP contribution is 2.30. The third-order valence-electron chi connectivity index (χ3n) is 12.7. The number of hydrogen-bond acceptors (Lipinski definition) is 26. The van der Waals surface area contributed by atoms with Gasteiger partial charge in [0, 0.05) is 40.0 Å². The first-order valence-electron chi connectivity index (χ1n) is 27.6. The maximum absolute atomic E-state index is 13.6. The monoisotopic (exact) mass is 1240 g/mol. The smallest absolute Gasteiger partial charge is 0.477 e. The number of carbonyl (C=O) groups excluding carboxylic acids is 9. The molecular formula is C52H79N11O24. The maximum Gasteiger partial charge on any atom is 0.508 e. The predicted molar refractivity (Wildman–Crippen MR) is 294 cm³/mol. The topological polar surface area (TPSA) is 467 Å². The van der Waals surface area contributed by atoms with Gasteiger partial charge < -0.3 is 119 Å². The number of nitrogens with zero attached hydrogens (tertiary/aromatic N) is 1. The normalized spacial score (nSPS) is 21.6. The van der Waals surface area contributed by atoms with Crippen LogP contribution in [0, 0.1) is 23.2 Å². The van der Waals surface area contributed by atoms with E-state index < -0.39 is 133 Å². The lowest BCUT2D eigenvalue weighted by atomic mass is 9.91. The number of alkyl carbamates (subject to hydrolysis) is 2. The Balaban J connectivity index is 1.32. The largest absolute Gasteiger partial charge is 0.508 e. The molecule has 0 aromatic carbocycles. The Labute approximate surface area is 500 Å². The van der Waals surface area contributed by atoms with Gasteiger partial charge in [-0.1, -0.05) is 18.8 Å². The molecule has 12 N–H and O–H groups in total. The van der Waals surface area contributed by atoms with E-state index in [4.69, 9.17) is 99.8 Å². The first-order chi connectivity index (χ1) is 41.7. The van der Waals surface area contributed by atoms with Crippen LogP contribution < -0.4 is 43.4 Å². The summed E-state index contributed by atoms with van der Waals surface area (Å²) >= 11 is 0. The maximum atomic E-state index is 13.6. The van der Waals surface area contributed by atoms with Crippen LogP contribution in [0.4, 0.5) is 19.2 Å². The highest BCUT2D eigenvalue weighted by molar-refractivity contribution is 5.88. The number of cyclic esters (lactones) is 4. The van der Waals surface area contributed by atoms with Crippen LogP contribution in [0.3, 0.4) is 0 Å². The molecular weight excluding hydrogens is 1160 g/mol. The van der Waals surface area contributed by atoms with E-state index in [9.17, 15) is 43.2 Å². The Kier molecular flexibility index (Phi) is 31.3. The molecule has 0 aromatic heterocycles. The minimum absolute atomic E-state index is 0.0253. The number of nitrogens with one attached hydrogen (secondary N) is 8. The van der Waals surface area contributed by atoms with E-state index in [1.165, 1.54) is 26.0 Å². The molecule has 2 fully saturated rings. The van der Waals surface area contributed by atoms with Gasteiger partial charge in [-0.25, -0.2) is 28.8 Å². The SMILES string of the molecule is C#CCOCCOCCOCCOCCC(=O)N(CCCCCCNC(=O)O[C@@H]([C@@H]1OC(C(=O)OC)=C[C@H](NC(=N)N)[C@H]1NC(C)=O)[C@H]1COC(=O)O1)CCOCCNC(=O)O[C@@H]([C@@H]1OC(C(=O)OC)=C[C@H](NC(=N)N)[C@H]1NC(C)=O)[C@H]1COC(=O)O1. The van der Waals surface area contributed by atoms with Crippen LogP contribution in [0.2, 0.25) is 0 Å². The summed E-state index contributed by atoms with van der Waals surface area (Å²) in [5.74, 6) is -2.77. The average Bonchev–Trinajstić information content (AvgIpc) is 2.46. The zero-order chi connectivity index (χ0) is 63.7. The molecule has 0 spiro atoms. The zero-order valence-electron chi connectivity index (χ0n) is 48.8. The number of nitrogens with two attached hydrogens (primary N) is 2. The van der Waals surface area contributed by atoms with E-state index in [0.29, 0.717) is 58.7 Å². The third-order valence-corrected chi connectivity index (χ3v) is 12.7. The molecule has 0 aromatic rings. The highest BCUT2D eigenvalue weighted by Gasteiger charge is 2.52. The minimum Gasteiger partial charge on any atom is -0.477 e. The molecule has 486 valence electrons. The van der Waals surface area contributed by atoms with Gasteiger partial charge in [-0.3, -0.25) is 25.2 Å². The van der Waals surface area contributed by atoms with E-state index in [2.05, 4.69) is 37.8 Å². The Morgan fingerprint density at radius 1 is 0.609 bits per heavy atom. The molecule has 35 nitrogen and oxygen atoms in total. The summed E-state index contributed by atoms with van der Waals surface area (Å²) in [7, 11) is 2.18. The molecule has 0 unspecified atom stereocenters. The van der Waals surface area contributed by atoms with E-state index in [0.717, 1.165) is 14.2 Å². The van der Waals surface area contributed by atoms with Crippen molar-refractivity contribution in [2.75, 3.05) is 120 Å². The lowest BCUT2D eigenvalue weighted by Gasteiger charge is -2.41. The number of guanidine groups is 2. The standard InChI is InChI=1S/C52H79N11O24/c1-6-16-75-20-22-78-24-25-79-23-21-76-17-11-38(66)63(15-19-77-18-13-58-50(70)87-42(37-29-81-52(72)85-37)44-40(60-31(3)65)33(62-48(55)56)27-35(83-44)46(68)74-5)14-10-8-7-9-12-57-49(69)86-41(36-28-80-51(71)84-36)43-39(59-30(2)64)32(61-47(53)54)26-34(82-43)45(67)73-4/h1,26-27,32-33,36-37,39-44H,7-25,28-29H2,2-5H3,(H,57,69)(H,58,70)(H,59,64)(H,60,65)(H4,53,54,61)(H4,55,56,62)/t32-,33-,36+,37+,39+,40+,41+,42+,43+,44+/m0/s1. The van der Waals surface area contributed by atoms with Gasteiger partial charge in [-0.15, -0.1) is 6.42 Å². The van der Waals surface area contributed by atoms with Crippen molar-refractivity contribution < 1.29 is 114 Å². The van der Waals surface area contributed by atoms with Crippen LogP contribution in [0.5, 0.6) is 0 Å². The lowest BCUT2D eigenvalue weighted by Crippen LogP contribution is -2.64. The quantitative estimate of drug-likeness (QED) is 0.00755. The molecule has 2 saturated heterocycles. The van der Waals surface area contributed by atoms with Crippen molar-refractivity contribution in [3.05, 3.63) is 23.7 Å². The number of carbonyl (C=O) groups is 9. The molecule has 0 bridgehead atoms. The molecule has 4 rings (SSSR count). The molecule has 5 amide bonds. The van der Waals surface area contributed by atoms with E-state index in [1.54, 1.807) is 4.90 Å². The summed E-state index contributed by atoms with van der Waals surface area (Å²) in [5.41, 5.74) is 11.2. The van der Waals surface area contributed by atoms with Gasteiger partial charge in [0.05, 0.1) is 104 Å². The number of amides is 5. The molecule has 4 heterocycles. The number of methoxy groups -OCH3 is 2. The van der Waals surface area contributed by atoms with Crippen molar-refractivity contribution in [1.82, 2.24) is 36.8 Å². The lowest BCUT2D eigenvalue weighted by molar-refractivity contribution is -0.148. The van der Waals surface area contributed by atoms with Crippen LogP contribution in [0.15, 0.2) is 23.7 Å². The van der Waals surface area contributed by atoms with Crippen molar-refractivity contribution in [3.8, 4) is 12.3 Å². The van der Waals surface area contributed by atoms with Crippen LogP contribution in [-0.2, 0) is 95.0 Å². The van der Waals surface area contributed by atoms with Crippen LogP contribution in [0.1, 0.15) is 46.0 Å². The van der Waals surface area contributed by atoms with Crippen LogP contribution >= 0.6 is 0 Å². The van der Waals surface area contributed by atoms with Gasteiger partial charge in [0.2, 0.25) is 29.2 Å². The number of unbranched alkanes of at least 4 members (excludes halogenated alkanes) is 3. The fourth-order valence-corrected chi connectivity index (χ4v) is 8.86. The summed E-state index contributed by atoms with van der Waals surface area (Å²) < 4.78 is 80.8. The zero-order valence-corrected chi connectivity index (χ0v) is 48.8. The van der Waals surface area contributed by atoms with E-state index in [-0.39, 0.29) is 84.0 Å². The first kappa shape index (κ1) is 70.9. The number of esters is 2. The highest BCUT2D eigenvalue weighted by atomic mass is 16.8. The molecule has 87 heavy (non-hydrogen) atoms. The fraction of sp³-hybridized carbons (Fsp3) is 0.673. The van der Waals surface area contributed by atoms with Crippen molar-refractivity contribution in [3.63, 3.8) is 0 Å². The summed E-state index contributed by atoms with van der Waals surface area (Å²) in [6.07, 6.45) is -2.91. The number of ether oxygens (including phenoxy) is 15. The second-order valence-corrected chi connectivity index (χ2v) is 19.1. The van der Waals surface area contributed by atoms with Gasteiger partial charge in [0.25, 0.3) is 0 Å². The molecule has 0 saturated carbocycles. The summed E-state index contributed by atoms with van der Waals surface area (Å²) in [6, 6.07) is -4.49. The van der Waals surface area contributed by atoms with Crippen molar-refractivity contribution in [1.29, 1.82) is 10.8 Å². The molecule has 0 aliphatic carbocycles. The minimum atomic E-state index is -1.54. The van der Waals surface area contributed by atoms with Gasteiger partial charge >= 0.3 is 36.4 Å². The number of rotatable bonds is 38. The average molecular weight is 1240 g/mol. The van der Waals surface area contributed by atoms with Gasteiger partial charge in [-0.2, -0.15) is 0 Å². The Morgan fingerprint density at radius 2 is 1.06 bits per heavy atom. The van der Waals surface area contributed by atoms with Gasteiger partial charge in [-0.05, 0) is 25.0 Å². The van der Waals surface area contributed by atoms with Crippen LogP contribution in [-0.4, -0.2) is 251 Å². The molecule has 4 aliphatic heterocycles. The second-order valence-electron chi connectivity index (χ2n) is 19.1. The Bertz CT molecular complexity index is 2450. The molecule has 0 radical (unpaired) electrons.